The van der Waals surface area contributed by atoms with Gasteiger partial charge in [-0.2, -0.15) is 0 Å². The van der Waals surface area contributed by atoms with Crippen molar-refractivity contribution in [3.05, 3.63) is 47.4 Å². The van der Waals surface area contributed by atoms with Crippen LogP contribution >= 0.6 is 0 Å². The molecule has 2 aromatic rings. The highest BCUT2D eigenvalue weighted by Crippen LogP contribution is 2.22. The van der Waals surface area contributed by atoms with Crippen molar-refractivity contribution in [1.29, 1.82) is 0 Å². The van der Waals surface area contributed by atoms with Crippen LogP contribution in [0.4, 0.5) is 24.7 Å². The lowest BCUT2D eigenvalue weighted by Crippen LogP contribution is -2.25. The van der Waals surface area contributed by atoms with Gasteiger partial charge in [0.05, 0.1) is 5.69 Å². The summed E-state index contributed by atoms with van der Waals surface area (Å²) in [5, 5.41) is 12.5. The minimum atomic E-state index is -1.58. The molecule has 1 aromatic heterocycles. The van der Waals surface area contributed by atoms with Gasteiger partial charge < -0.3 is 10.6 Å². The van der Waals surface area contributed by atoms with Crippen molar-refractivity contribution in [2.24, 2.45) is 0 Å². The Bertz CT molecular complexity index is 677. The Morgan fingerprint density at radius 3 is 2.50 bits per heavy atom. The Labute approximate surface area is 124 Å². The molecule has 22 heavy (non-hydrogen) atoms. The molecule has 0 aliphatic heterocycles. The summed E-state index contributed by atoms with van der Waals surface area (Å²) in [5.41, 5.74) is -0.179. The Morgan fingerprint density at radius 2 is 1.86 bits per heavy atom. The lowest BCUT2D eigenvalue weighted by atomic mass is 10.2. The van der Waals surface area contributed by atoms with E-state index in [9.17, 15) is 18.0 Å². The predicted molar refractivity (Wildman–Crippen MR) is 74.3 cm³/mol. The van der Waals surface area contributed by atoms with Crippen molar-refractivity contribution >= 4 is 17.4 Å². The fourth-order valence-electron chi connectivity index (χ4n) is 1.61. The second-order valence-electron chi connectivity index (χ2n) is 4.41. The van der Waals surface area contributed by atoms with Gasteiger partial charge in [0.15, 0.2) is 29.0 Å². The molecule has 0 saturated heterocycles. The van der Waals surface area contributed by atoms with E-state index in [4.69, 9.17) is 0 Å². The molecule has 1 heterocycles. The zero-order valence-electron chi connectivity index (χ0n) is 11.7. The van der Waals surface area contributed by atoms with Crippen LogP contribution in [0, 0.1) is 17.5 Å². The molecule has 1 aromatic carbocycles. The summed E-state index contributed by atoms with van der Waals surface area (Å²) in [7, 11) is 0. The maximum Gasteiger partial charge on any atom is 0.271 e. The summed E-state index contributed by atoms with van der Waals surface area (Å²) in [5.74, 6) is -4.49. The number of nitrogens with zero attached hydrogens (tertiary/aromatic N) is 2. The van der Waals surface area contributed by atoms with Crippen molar-refractivity contribution in [2.45, 2.75) is 13.3 Å². The second kappa shape index (κ2) is 6.88. The molecular weight excluding hydrogens is 297 g/mol. The highest BCUT2D eigenvalue weighted by atomic mass is 19.2. The Balaban J connectivity index is 2.12. The molecule has 1 amide bonds. The molecule has 0 atom stereocenters. The van der Waals surface area contributed by atoms with Crippen LogP contribution in [0.5, 0.6) is 0 Å². The number of nitrogens with one attached hydrogen (secondary N) is 2. The number of carbonyl (C=O) groups excluding carboxylic acids is 1. The predicted octanol–water partition coefficient (Wildman–Crippen LogP) is 2.78. The molecule has 116 valence electrons. The first-order valence-electron chi connectivity index (χ1n) is 6.55. The summed E-state index contributed by atoms with van der Waals surface area (Å²) in [6, 6.07) is 4.60. The highest BCUT2D eigenvalue weighted by molar-refractivity contribution is 5.92. The van der Waals surface area contributed by atoms with Crippen LogP contribution in [-0.2, 0) is 0 Å². The summed E-state index contributed by atoms with van der Waals surface area (Å²) in [6.45, 7) is 2.43. The summed E-state index contributed by atoms with van der Waals surface area (Å²) in [6.07, 6.45) is 0.786. The third-order valence-electron chi connectivity index (χ3n) is 2.73. The normalized spacial score (nSPS) is 10.4. The first kappa shape index (κ1) is 15.7. The van der Waals surface area contributed by atoms with E-state index in [-0.39, 0.29) is 23.1 Å². The van der Waals surface area contributed by atoms with Crippen LogP contribution in [0.3, 0.4) is 0 Å². The number of aromatic nitrogens is 2. The SMILES string of the molecule is CCCNC(=O)c1ccc(Nc2ccc(F)c(F)c2F)nn1. The molecule has 2 N–H and O–H groups in total. The largest absolute Gasteiger partial charge is 0.351 e. The molecule has 0 unspecified atom stereocenters. The van der Waals surface area contributed by atoms with Gasteiger partial charge in [0.25, 0.3) is 5.91 Å². The Kier molecular flexibility index (Phi) is 4.92. The van der Waals surface area contributed by atoms with Crippen molar-refractivity contribution in [3.8, 4) is 0 Å². The van der Waals surface area contributed by atoms with Gasteiger partial charge in [0.2, 0.25) is 0 Å². The maximum absolute atomic E-state index is 13.5. The number of hydrogen-bond donors (Lipinski definition) is 2. The fraction of sp³-hybridized carbons (Fsp3) is 0.214. The van der Waals surface area contributed by atoms with E-state index >= 15 is 0 Å². The first-order valence-corrected chi connectivity index (χ1v) is 6.55. The van der Waals surface area contributed by atoms with Gasteiger partial charge >= 0.3 is 0 Å². The van der Waals surface area contributed by atoms with Crippen molar-refractivity contribution in [1.82, 2.24) is 15.5 Å². The summed E-state index contributed by atoms with van der Waals surface area (Å²) in [4.78, 5) is 11.6. The van der Waals surface area contributed by atoms with Crippen LogP contribution < -0.4 is 10.6 Å². The summed E-state index contributed by atoms with van der Waals surface area (Å²) >= 11 is 0. The Hall–Kier alpha value is -2.64. The molecule has 0 bridgehead atoms. The number of hydrogen-bond acceptors (Lipinski definition) is 4. The van der Waals surface area contributed by atoms with E-state index in [0.29, 0.717) is 6.54 Å². The van der Waals surface area contributed by atoms with E-state index in [0.717, 1.165) is 18.6 Å². The molecule has 0 fully saturated rings. The van der Waals surface area contributed by atoms with Crippen molar-refractivity contribution in [3.63, 3.8) is 0 Å². The van der Waals surface area contributed by atoms with Crippen LogP contribution in [-0.4, -0.2) is 22.6 Å². The maximum atomic E-state index is 13.5. The molecular formula is C14H13F3N4O. The smallest absolute Gasteiger partial charge is 0.271 e. The zero-order chi connectivity index (χ0) is 16.1. The standard InChI is InChI=1S/C14H13F3N4O/c1-2-7-18-14(22)10-5-6-11(21-20-10)19-9-4-3-8(15)12(16)13(9)17/h3-6H,2,7H2,1H3,(H,18,22)(H,19,21). The highest BCUT2D eigenvalue weighted by Gasteiger charge is 2.14. The van der Waals surface area contributed by atoms with E-state index in [1.54, 1.807) is 0 Å². The number of carbonyl (C=O) groups is 1. The van der Waals surface area contributed by atoms with Crippen LogP contribution in [0.15, 0.2) is 24.3 Å². The monoisotopic (exact) mass is 310 g/mol. The van der Waals surface area contributed by atoms with Gasteiger partial charge in [-0.3, -0.25) is 4.79 Å². The van der Waals surface area contributed by atoms with Crippen LogP contribution in [0.25, 0.3) is 0 Å². The zero-order valence-corrected chi connectivity index (χ0v) is 11.7. The third kappa shape index (κ3) is 3.51. The van der Waals surface area contributed by atoms with E-state index in [2.05, 4.69) is 20.8 Å². The van der Waals surface area contributed by atoms with Gasteiger partial charge in [0, 0.05) is 6.54 Å². The molecule has 0 aliphatic rings. The lowest BCUT2D eigenvalue weighted by molar-refractivity contribution is 0.0947. The fourth-order valence-corrected chi connectivity index (χ4v) is 1.61. The number of rotatable bonds is 5. The second-order valence-corrected chi connectivity index (χ2v) is 4.41. The van der Waals surface area contributed by atoms with Gasteiger partial charge in [-0.25, -0.2) is 13.2 Å². The molecule has 0 radical (unpaired) electrons. The first-order chi connectivity index (χ1) is 10.5. The molecule has 0 aliphatic carbocycles. The van der Waals surface area contributed by atoms with E-state index in [1.165, 1.54) is 12.1 Å². The van der Waals surface area contributed by atoms with Crippen LogP contribution in [0.2, 0.25) is 0 Å². The minimum Gasteiger partial charge on any atom is -0.351 e. The number of anilines is 2. The molecule has 5 nitrogen and oxygen atoms in total. The van der Waals surface area contributed by atoms with Gasteiger partial charge in [-0.15, -0.1) is 10.2 Å². The average molecular weight is 310 g/mol. The van der Waals surface area contributed by atoms with Crippen molar-refractivity contribution < 1.29 is 18.0 Å². The number of halogens is 3. The quantitative estimate of drug-likeness (QED) is 0.833. The topological polar surface area (TPSA) is 66.9 Å². The van der Waals surface area contributed by atoms with E-state index in [1.807, 2.05) is 6.92 Å². The molecule has 2 rings (SSSR count). The van der Waals surface area contributed by atoms with Gasteiger partial charge in [0.1, 0.15) is 0 Å². The average Bonchev–Trinajstić information content (AvgIpc) is 2.54. The van der Waals surface area contributed by atoms with Crippen molar-refractivity contribution in [2.75, 3.05) is 11.9 Å². The Morgan fingerprint density at radius 1 is 1.09 bits per heavy atom. The molecule has 0 spiro atoms. The lowest BCUT2D eigenvalue weighted by Gasteiger charge is -2.07. The number of amides is 1. The van der Waals surface area contributed by atoms with E-state index < -0.39 is 17.5 Å². The molecule has 0 saturated carbocycles. The number of benzene rings is 1. The molecule has 8 heteroatoms. The van der Waals surface area contributed by atoms with Crippen LogP contribution in [0.1, 0.15) is 23.8 Å². The van der Waals surface area contributed by atoms with Gasteiger partial charge in [-0.05, 0) is 30.7 Å². The summed E-state index contributed by atoms with van der Waals surface area (Å²) < 4.78 is 39.4. The van der Waals surface area contributed by atoms with Gasteiger partial charge in [-0.1, -0.05) is 6.92 Å². The minimum absolute atomic E-state index is 0.0944. The third-order valence-corrected chi connectivity index (χ3v) is 2.73.